The summed E-state index contributed by atoms with van der Waals surface area (Å²) in [5.41, 5.74) is 2.53. The molecule has 3 aromatic carbocycles. The normalized spacial score (nSPS) is 16.8. The second kappa shape index (κ2) is 11.4. The number of aromatic hydroxyl groups is 1. The summed E-state index contributed by atoms with van der Waals surface area (Å²) in [7, 11) is 0. The summed E-state index contributed by atoms with van der Waals surface area (Å²) < 4.78 is 5.73. The van der Waals surface area contributed by atoms with Crippen molar-refractivity contribution in [1.29, 1.82) is 0 Å². The molecule has 1 fully saturated rings. The predicted octanol–water partition coefficient (Wildman–Crippen LogP) is 5.90. The Bertz CT molecular complexity index is 1310. The van der Waals surface area contributed by atoms with E-state index in [0.29, 0.717) is 35.1 Å². The van der Waals surface area contributed by atoms with Gasteiger partial charge in [-0.25, -0.2) is 0 Å². The van der Waals surface area contributed by atoms with Crippen molar-refractivity contribution in [3.63, 3.8) is 0 Å². The van der Waals surface area contributed by atoms with Crippen LogP contribution in [0.2, 0.25) is 0 Å². The Morgan fingerprint density at radius 1 is 0.921 bits per heavy atom. The summed E-state index contributed by atoms with van der Waals surface area (Å²) >= 11 is 0. The highest BCUT2D eigenvalue weighted by molar-refractivity contribution is 6.51. The SMILES string of the molecule is CCN(CC)c1ccc(N2C(=O)C(=O)/C(=C(/O)c3ccc(OCC(C)C)cc3)C2c2ccc(O)cc2)cc1. The van der Waals surface area contributed by atoms with Crippen molar-refractivity contribution < 1.29 is 24.5 Å². The number of hydrogen-bond donors (Lipinski definition) is 2. The van der Waals surface area contributed by atoms with E-state index in [9.17, 15) is 19.8 Å². The van der Waals surface area contributed by atoms with Gasteiger partial charge in [0.1, 0.15) is 17.3 Å². The fourth-order valence-corrected chi connectivity index (χ4v) is 4.61. The van der Waals surface area contributed by atoms with E-state index in [0.717, 1.165) is 18.8 Å². The third kappa shape index (κ3) is 5.37. The first kappa shape index (κ1) is 26.8. The quantitative estimate of drug-likeness (QED) is 0.210. The maximum Gasteiger partial charge on any atom is 0.300 e. The van der Waals surface area contributed by atoms with E-state index in [1.54, 1.807) is 36.4 Å². The molecule has 7 heteroatoms. The van der Waals surface area contributed by atoms with Gasteiger partial charge in [0.2, 0.25) is 0 Å². The summed E-state index contributed by atoms with van der Waals surface area (Å²) in [4.78, 5) is 30.4. The van der Waals surface area contributed by atoms with Crippen LogP contribution in [0.25, 0.3) is 5.76 Å². The number of Topliss-reactive ketones (excluding diaryl/α,β-unsaturated/α-hetero) is 1. The monoisotopic (exact) mass is 514 g/mol. The molecule has 0 aromatic heterocycles. The van der Waals surface area contributed by atoms with Gasteiger partial charge in [0.15, 0.2) is 0 Å². The van der Waals surface area contributed by atoms with Crippen LogP contribution in [0.4, 0.5) is 11.4 Å². The number of rotatable bonds is 9. The summed E-state index contributed by atoms with van der Waals surface area (Å²) in [6, 6.07) is 19.7. The number of benzene rings is 3. The number of phenolic OH excluding ortho intramolecular Hbond substituents is 1. The molecule has 1 aliphatic heterocycles. The maximum absolute atomic E-state index is 13.4. The Hall–Kier alpha value is -4.26. The maximum atomic E-state index is 13.4. The fraction of sp³-hybridized carbons (Fsp3) is 0.290. The molecule has 4 rings (SSSR count). The molecule has 0 radical (unpaired) electrons. The molecule has 7 nitrogen and oxygen atoms in total. The largest absolute Gasteiger partial charge is 0.508 e. The van der Waals surface area contributed by atoms with Gasteiger partial charge in [0.05, 0.1) is 18.2 Å². The molecule has 3 aromatic rings. The minimum Gasteiger partial charge on any atom is -0.508 e. The lowest BCUT2D eigenvalue weighted by Crippen LogP contribution is -2.29. The van der Waals surface area contributed by atoms with Gasteiger partial charge in [-0.15, -0.1) is 0 Å². The number of ketones is 1. The Morgan fingerprint density at radius 2 is 1.53 bits per heavy atom. The van der Waals surface area contributed by atoms with Crippen LogP contribution >= 0.6 is 0 Å². The minimum atomic E-state index is -0.869. The predicted molar refractivity (Wildman–Crippen MR) is 150 cm³/mol. The summed E-state index contributed by atoms with van der Waals surface area (Å²) in [5.74, 6) is -0.680. The van der Waals surface area contributed by atoms with E-state index in [4.69, 9.17) is 4.74 Å². The van der Waals surface area contributed by atoms with Crippen LogP contribution in [-0.4, -0.2) is 41.6 Å². The average Bonchev–Trinajstić information content (AvgIpc) is 3.19. The lowest BCUT2D eigenvalue weighted by molar-refractivity contribution is -0.132. The highest BCUT2D eigenvalue weighted by Crippen LogP contribution is 2.43. The topological polar surface area (TPSA) is 90.3 Å². The molecule has 1 saturated heterocycles. The van der Waals surface area contributed by atoms with E-state index in [1.165, 1.54) is 17.0 Å². The van der Waals surface area contributed by atoms with Crippen LogP contribution in [0.15, 0.2) is 78.4 Å². The van der Waals surface area contributed by atoms with Crippen molar-refractivity contribution in [3.8, 4) is 11.5 Å². The number of amides is 1. The van der Waals surface area contributed by atoms with E-state index < -0.39 is 17.7 Å². The van der Waals surface area contributed by atoms with E-state index in [-0.39, 0.29) is 17.1 Å². The smallest absolute Gasteiger partial charge is 0.300 e. The molecule has 0 spiro atoms. The average molecular weight is 515 g/mol. The first-order valence-corrected chi connectivity index (χ1v) is 12.9. The summed E-state index contributed by atoms with van der Waals surface area (Å²) in [5, 5.41) is 21.2. The van der Waals surface area contributed by atoms with Crippen LogP contribution < -0.4 is 14.5 Å². The lowest BCUT2D eigenvalue weighted by atomic mass is 9.95. The van der Waals surface area contributed by atoms with Gasteiger partial charge in [0.25, 0.3) is 11.7 Å². The number of aliphatic hydroxyl groups is 1. The van der Waals surface area contributed by atoms with Gasteiger partial charge in [-0.2, -0.15) is 0 Å². The van der Waals surface area contributed by atoms with Gasteiger partial charge >= 0.3 is 0 Å². The molecule has 0 aliphatic carbocycles. The van der Waals surface area contributed by atoms with Crippen molar-refractivity contribution in [2.24, 2.45) is 5.92 Å². The zero-order valence-corrected chi connectivity index (χ0v) is 22.2. The second-order valence-corrected chi connectivity index (χ2v) is 9.68. The van der Waals surface area contributed by atoms with E-state index in [1.807, 2.05) is 24.3 Å². The Morgan fingerprint density at radius 3 is 2.08 bits per heavy atom. The molecular weight excluding hydrogens is 480 g/mol. The van der Waals surface area contributed by atoms with E-state index >= 15 is 0 Å². The van der Waals surface area contributed by atoms with Crippen molar-refractivity contribution in [2.75, 3.05) is 29.5 Å². The second-order valence-electron chi connectivity index (χ2n) is 9.68. The Kier molecular flexibility index (Phi) is 8.05. The number of aliphatic hydroxyl groups excluding tert-OH is 1. The fourth-order valence-electron chi connectivity index (χ4n) is 4.61. The number of anilines is 2. The number of carbonyl (C=O) groups is 2. The minimum absolute atomic E-state index is 0.00985. The summed E-state index contributed by atoms with van der Waals surface area (Å²) in [6.07, 6.45) is 0. The zero-order chi connectivity index (χ0) is 27.4. The number of nitrogens with zero attached hydrogens (tertiary/aromatic N) is 2. The van der Waals surface area contributed by atoms with Crippen molar-refractivity contribution in [2.45, 2.75) is 33.7 Å². The number of carbonyl (C=O) groups excluding carboxylic acids is 2. The molecule has 1 unspecified atom stereocenters. The van der Waals surface area contributed by atoms with Gasteiger partial charge < -0.3 is 19.8 Å². The van der Waals surface area contributed by atoms with Crippen LogP contribution in [0.1, 0.15) is 44.9 Å². The van der Waals surface area contributed by atoms with Crippen molar-refractivity contribution in [3.05, 3.63) is 89.5 Å². The van der Waals surface area contributed by atoms with E-state index in [2.05, 4.69) is 32.6 Å². The van der Waals surface area contributed by atoms with Crippen LogP contribution in [-0.2, 0) is 9.59 Å². The molecule has 1 aliphatic rings. The number of ether oxygens (including phenoxy) is 1. The van der Waals surface area contributed by atoms with Crippen LogP contribution in [0, 0.1) is 5.92 Å². The van der Waals surface area contributed by atoms with Gasteiger partial charge in [-0.1, -0.05) is 26.0 Å². The van der Waals surface area contributed by atoms with Gasteiger partial charge in [-0.3, -0.25) is 14.5 Å². The van der Waals surface area contributed by atoms with Crippen LogP contribution in [0.5, 0.6) is 11.5 Å². The Labute approximate surface area is 223 Å². The molecule has 1 amide bonds. The van der Waals surface area contributed by atoms with Gasteiger partial charge in [0, 0.05) is 30.0 Å². The highest BCUT2D eigenvalue weighted by Gasteiger charge is 2.47. The standard InChI is InChI=1S/C31H34N2O5/c1-5-32(6-2)23-11-13-24(14-12-23)33-28(21-7-15-25(34)16-8-21)27(30(36)31(33)37)29(35)22-9-17-26(18-10-22)38-19-20(3)4/h7-18,20,28,34-35H,5-6,19H2,1-4H3/b29-27+. The molecule has 0 saturated carbocycles. The van der Waals surface area contributed by atoms with Crippen molar-refractivity contribution in [1.82, 2.24) is 0 Å². The first-order chi connectivity index (χ1) is 18.2. The molecule has 198 valence electrons. The van der Waals surface area contributed by atoms with Crippen molar-refractivity contribution >= 4 is 28.8 Å². The molecule has 38 heavy (non-hydrogen) atoms. The molecule has 1 heterocycles. The zero-order valence-electron chi connectivity index (χ0n) is 22.2. The van der Waals surface area contributed by atoms with Crippen LogP contribution in [0.3, 0.4) is 0 Å². The van der Waals surface area contributed by atoms with Gasteiger partial charge in [-0.05, 0) is 86.0 Å². The highest BCUT2D eigenvalue weighted by atomic mass is 16.5. The lowest BCUT2D eigenvalue weighted by Gasteiger charge is -2.27. The molecule has 0 bridgehead atoms. The number of phenols is 1. The molecule has 1 atom stereocenters. The third-order valence-corrected chi connectivity index (χ3v) is 6.62. The Balaban J connectivity index is 1.78. The molecule has 2 N–H and O–H groups in total. The summed E-state index contributed by atoms with van der Waals surface area (Å²) in [6.45, 7) is 10.5. The first-order valence-electron chi connectivity index (χ1n) is 12.9. The number of hydrogen-bond acceptors (Lipinski definition) is 6. The third-order valence-electron chi connectivity index (χ3n) is 6.62. The molecular formula is C31H34N2O5.